The third kappa shape index (κ3) is 4.86. The van der Waals surface area contributed by atoms with Gasteiger partial charge in [-0.15, -0.1) is 0 Å². The van der Waals surface area contributed by atoms with E-state index in [9.17, 15) is 14.3 Å². The zero-order chi connectivity index (χ0) is 14.4. The van der Waals surface area contributed by atoms with Gasteiger partial charge < -0.3 is 10.1 Å². The van der Waals surface area contributed by atoms with Crippen LogP contribution in [0.25, 0.3) is 0 Å². The van der Waals surface area contributed by atoms with Crippen molar-refractivity contribution in [3.05, 3.63) is 28.3 Å². The fraction of sp³-hybridized carbons (Fsp3) is 0.500. The Balaban J connectivity index is 2.88. The number of nitrogens with one attached hydrogen (secondary N) is 1. The van der Waals surface area contributed by atoms with Gasteiger partial charge in [0.05, 0.1) is 11.5 Å². The predicted molar refractivity (Wildman–Crippen MR) is 76.3 cm³/mol. The van der Waals surface area contributed by atoms with Crippen molar-refractivity contribution in [2.24, 2.45) is 0 Å². The third-order valence-corrected chi connectivity index (χ3v) is 3.32. The molecule has 0 aliphatic carbocycles. The number of rotatable bonds is 7. The van der Waals surface area contributed by atoms with E-state index in [2.05, 4.69) is 5.32 Å². The monoisotopic (exact) mass is 286 g/mol. The molecule has 6 nitrogen and oxygen atoms in total. The molecule has 0 radical (unpaired) electrons. The lowest BCUT2D eigenvalue weighted by Gasteiger charge is -2.14. The van der Waals surface area contributed by atoms with Crippen molar-refractivity contribution in [1.29, 1.82) is 0 Å². The maximum absolute atomic E-state index is 11.1. The summed E-state index contributed by atoms with van der Waals surface area (Å²) < 4.78 is 16.4. The molecule has 0 bridgehead atoms. The standard InChI is InChI=1S/C12H18N2O4S/c1-4-18-12-7-10(5-6-11(12)14(15)16)13-9(2)8-19(3)17/h5-7,9,13H,4,8H2,1-3H3. The number of nitro benzene ring substituents is 1. The molecule has 1 aromatic carbocycles. The van der Waals surface area contributed by atoms with E-state index in [0.717, 1.165) is 0 Å². The van der Waals surface area contributed by atoms with Gasteiger partial charge in [0.25, 0.3) is 0 Å². The summed E-state index contributed by atoms with van der Waals surface area (Å²) >= 11 is 0. The Kier molecular flexibility index (Phi) is 5.75. The first-order valence-corrected chi connectivity index (χ1v) is 7.64. The second kappa shape index (κ2) is 7.08. The van der Waals surface area contributed by atoms with Crippen molar-refractivity contribution in [2.75, 3.05) is 23.9 Å². The van der Waals surface area contributed by atoms with Crippen LogP contribution in [0.2, 0.25) is 0 Å². The molecule has 19 heavy (non-hydrogen) atoms. The van der Waals surface area contributed by atoms with Gasteiger partial charge in [-0.25, -0.2) is 0 Å². The van der Waals surface area contributed by atoms with Gasteiger partial charge in [0.15, 0.2) is 5.75 Å². The Hall–Kier alpha value is -1.63. The minimum Gasteiger partial charge on any atom is -0.487 e. The van der Waals surface area contributed by atoms with Gasteiger partial charge in [-0.05, 0) is 19.9 Å². The topological polar surface area (TPSA) is 81.5 Å². The molecule has 2 unspecified atom stereocenters. The Labute approximate surface area is 114 Å². The molecular weight excluding hydrogens is 268 g/mol. The van der Waals surface area contributed by atoms with E-state index in [1.807, 2.05) is 6.92 Å². The van der Waals surface area contributed by atoms with Crippen LogP contribution in [0.3, 0.4) is 0 Å². The molecule has 2 atom stereocenters. The average Bonchev–Trinajstić information content (AvgIpc) is 2.27. The molecule has 0 aliphatic heterocycles. The molecule has 7 heteroatoms. The summed E-state index contributed by atoms with van der Waals surface area (Å²) in [5.74, 6) is 0.753. The van der Waals surface area contributed by atoms with Crippen LogP contribution < -0.4 is 10.1 Å². The molecule has 0 fully saturated rings. The second-order valence-electron chi connectivity index (χ2n) is 4.16. The summed E-state index contributed by atoms with van der Waals surface area (Å²) in [7, 11) is -0.892. The smallest absolute Gasteiger partial charge is 0.311 e. The molecule has 0 heterocycles. The summed E-state index contributed by atoms with van der Waals surface area (Å²) in [6.07, 6.45) is 1.64. The summed E-state index contributed by atoms with van der Waals surface area (Å²) in [5.41, 5.74) is 0.658. The van der Waals surface area contributed by atoms with Gasteiger partial charge in [-0.3, -0.25) is 14.3 Å². The largest absolute Gasteiger partial charge is 0.487 e. The van der Waals surface area contributed by atoms with E-state index in [1.165, 1.54) is 6.07 Å². The van der Waals surface area contributed by atoms with Crippen LogP contribution in [-0.4, -0.2) is 33.8 Å². The van der Waals surface area contributed by atoms with Crippen molar-refractivity contribution in [3.63, 3.8) is 0 Å². The second-order valence-corrected chi connectivity index (χ2v) is 5.64. The maximum atomic E-state index is 11.1. The number of ether oxygens (including phenoxy) is 1. The SMILES string of the molecule is CCOc1cc(NC(C)CS(C)=O)ccc1[N+](=O)[O-]. The van der Waals surface area contributed by atoms with Crippen LogP contribution in [0.4, 0.5) is 11.4 Å². The van der Waals surface area contributed by atoms with Gasteiger partial charge in [-0.1, -0.05) is 0 Å². The first kappa shape index (κ1) is 15.4. The van der Waals surface area contributed by atoms with E-state index >= 15 is 0 Å². The highest BCUT2D eigenvalue weighted by Gasteiger charge is 2.16. The number of hydrogen-bond donors (Lipinski definition) is 1. The summed E-state index contributed by atoms with van der Waals surface area (Å²) in [5, 5.41) is 14.0. The fourth-order valence-electron chi connectivity index (χ4n) is 1.70. The Bertz CT molecular complexity index is 479. The molecule has 1 N–H and O–H groups in total. The van der Waals surface area contributed by atoms with Crippen molar-refractivity contribution in [1.82, 2.24) is 0 Å². The van der Waals surface area contributed by atoms with Crippen LogP contribution in [0.5, 0.6) is 5.75 Å². The highest BCUT2D eigenvalue weighted by molar-refractivity contribution is 7.84. The summed E-state index contributed by atoms with van der Waals surface area (Å²) in [6.45, 7) is 4.04. The van der Waals surface area contributed by atoms with Crippen molar-refractivity contribution < 1.29 is 13.9 Å². The van der Waals surface area contributed by atoms with Gasteiger partial charge in [0.1, 0.15) is 0 Å². The van der Waals surface area contributed by atoms with Crippen LogP contribution in [-0.2, 0) is 10.8 Å². The zero-order valence-corrected chi connectivity index (χ0v) is 12.0. The lowest BCUT2D eigenvalue weighted by Crippen LogP contribution is -2.22. The quantitative estimate of drug-likeness (QED) is 0.613. The van der Waals surface area contributed by atoms with E-state index in [0.29, 0.717) is 18.0 Å². The Morgan fingerprint density at radius 2 is 2.21 bits per heavy atom. The zero-order valence-electron chi connectivity index (χ0n) is 11.2. The van der Waals surface area contributed by atoms with Gasteiger partial charge in [0, 0.05) is 46.7 Å². The molecule has 0 aliphatic rings. The summed E-state index contributed by atoms with van der Waals surface area (Å²) in [6, 6.07) is 4.64. The van der Waals surface area contributed by atoms with Crippen LogP contribution in [0, 0.1) is 10.1 Å². The van der Waals surface area contributed by atoms with Crippen LogP contribution >= 0.6 is 0 Å². The Morgan fingerprint density at radius 3 is 2.74 bits per heavy atom. The van der Waals surface area contributed by atoms with Crippen molar-refractivity contribution in [2.45, 2.75) is 19.9 Å². The van der Waals surface area contributed by atoms with Crippen LogP contribution in [0.1, 0.15) is 13.8 Å². The minimum absolute atomic E-state index is 0.0155. The lowest BCUT2D eigenvalue weighted by molar-refractivity contribution is -0.385. The van der Waals surface area contributed by atoms with Crippen LogP contribution in [0.15, 0.2) is 18.2 Å². The van der Waals surface area contributed by atoms with E-state index in [4.69, 9.17) is 4.74 Å². The molecule has 1 aromatic rings. The molecule has 106 valence electrons. The molecule has 0 amide bonds. The number of nitrogens with zero attached hydrogens (tertiary/aromatic N) is 1. The molecule has 0 saturated carbocycles. The number of hydrogen-bond acceptors (Lipinski definition) is 5. The molecule has 0 saturated heterocycles. The van der Waals surface area contributed by atoms with E-state index in [-0.39, 0.29) is 17.5 Å². The first-order chi connectivity index (χ1) is 8.93. The number of nitro groups is 1. The maximum Gasteiger partial charge on any atom is 0.311 e. The lowest BCUT2D eigenvalue weighted by atomic mass is 10.2. The van der Waals surface area contributed by atoms with E-state index in [1.54, 1.807) is 25.3 Å². The Morgan fingerprint density at radius 1 is 1.53 bits per heavy atom. The van der Waals surface area contributed by atoms with Gasteiger partial charge in [-0.2, -0.15) is 0 Å². The predicted octanol–water partition coefficient (Wildman–Crippen LogP) is 2.17. The highest BCUT2D eigenvalue weighted by atomic mass is 32.2. The number of benzene rings is 1. The molecule has 1 rings (SSSR count). The van der Waals surface area contributed by atoms with Crippen molar-refractivity contribution >= 4 is 22.2 Å². The molecule has 0 spiro atoms. The first-order valence-electron chi connectivity index (χ1n) is 5.91. The summed E-state index contributed by atoms with van der Waals surface area (Å²) in [4.78, 5) is 10.4. The number of anilines is 1. The average molecular weight is 286 g/mol. The minimum atomic E-state index is -0.892. The molecular formula is C12H18N2O4S. The normalized spacial score (nSPS) is 13.6. The fourth-order valence-corrected chi connectivity index (χ4v) is 2.49. The van der Waals surface area contributed by atoms with Gasteiger partial charge in [0.2, 0.25) is 0 Å². The van der Waals surface area contributed by atoms with E-state index < -0.39 is 15.7 Å². The molecule has 0 aromatic heterocycles. The third-order valence-electron chi connectivity index (χ3n) is 2.35. The van der Waals surface area contributed by atoms with Crippen molar-refractivity contribution in [3.8, 4) is 5.75 Å². The highest BCUT2D eigenvalue weighted by Crippen LogP contribution is 2.30. The van der Waals surface area contributed by atoms with Gasteiger partial charge >= 0.3 is 5.69 Å².